The lowest BCUT2D eigenvalue weighted by Gasteiger charge is -2.39. The molecule has 0 saturated heterocycles. The zero-order valence-electron chi connectivity index (χ0n) is 10.1. The summed E-state index contributed by atoms with van der Waals surface area (Å²) >= 11 is 5.95. The molecule has 2 unspecified atom stereocenters. The first-order chi connectivity index (χ1) is 9.14. The third-order valence-electron chi connectivity index (χ3n) is 3.13. The van der Waals surface area contributed by atoms with E-state index < -0.39 is 27.4 Å². The van der Waals surface area contributed by atoms with Crippen molar-refractivity contribution in [2.75, 3.05) is 0 Å². The maximum Gasteiger partial charge on any atom is 0.246 e. The van der Waals surface area contributed by atoms with E-state index in [0.717, 1.165) is 0 Å². The van der Waals surface area contributed by atoms with Crippen molar-refractivity contribution in [3.8, 4) is 0 Å². The van der Waals surface area contributed by atoms with Crippen LogP contribution in [0.1, 0.15) is 12.8 Å². The van der Waals surface area contributed by atoms with E-state index in [9.17, 15) is 9.59 Å². The van der Waals surface area contributed by atoms with Crippen LogP contribution in [0.2, 0.25) is 0 Å². The molecule has 1 aliphatic carbocycles. The molecule has 0 aromatic rings. The molecule has 0 fully saturated rings. The van der Waals surface area contributed by atoms with Crippen molar-refractivity contribution in [2.24, 2.45) is 16.9 Å². The van der Waals surface area contributed by atoms with Gasteiger partial charge in [0, 0.05) is 12.7 Å². The topological polar surface area (TPSA) is 127 Å². The van der Waals surface area contributed by atoms with Crippen LogP contribution in [0.5, 0.6) is 0 Å². The number of aliphatic hydroxyl groups is 2. The van der Waals surface area contributed by atoms with E-state index in [4.69, 9.17) is 21.7 Å². The molecular weight excluding hydrogens is 605 g/mol. The molecule has 2 atom stereocenters. The molecule has 0 radical (unpaired) electrons. The molecule has 0 spiro atoms. The Kier molecular flexibility index (Phi) is 6.68. The number of hydrogen-bond donors (Lipinski definition) is 4. The molecule has 0 aromatic carbocycles. The summed E-state index contributed by atoms with van der Waals surface area (Å²) in [5.41, 5.74) is 10.1. The number of aliphatic hydroxyl groups excluding tert-OH is 1. The van der Waals surface area contributed by atoms with Gasteiger partial charge in [-0.25, -0.2) is 0 Å². The Morgan fingerprint density at radius 1 is 1.35 bits per heavy atom. The summed E-state index contributed by atoms with van der Waals surface area (Å²) in [7, 11) is 0. The van der Waals surface area contributed by atoms with E-state index in [1.54, 1.807) is 6.08 Å². The minimum absolute atomic E-state index is 0.0224. The van der Waals surface area contributed by atoms with Gasteiger partial charge in [-0.1, -0.05) is 22.6 Å². The lowest BCUT2D eigenvalue weighted by atomic mass is 9.74. The normalized spacial score (nSPS) is 26.7. The van der Waals surface area contributed by atoms with Crippen LogP contribution in [0.4, 0.5) is 0 Å². The molecule has 6 N–H and O–H groups in total. The van der Waals surface area contributed by atoms with Crippen molar-refractivity contribution >= 4 is 79.6 Å². The number of alkyl halides is 1. The van der Waals surface area contributed by atoms with Crippen LogP contribution in [0, 0.1) is 5.41 Å². The zero-order chi connectivity index (χ0) is 15.7. The summed E-state index contributed by atoms with van der Waals surface area (Å²) in [4.78, 5) is 23.6. The number of halogens is 3. The van der Waals surface area contributed by atoms with E-state index in [-0.39, 0.29) is 12.8 Å². The first kappa shape index (κ1) is 18.6. The van der Waals surface area contributed by atoms with Crippen molar-refractivity contribution in [2.45, 2.75) is 23.1 Å². The number of allylic oxidation sites excluding steroid dienone is 2. The fourth-order valence-electron chi connectivity index (χ4n) is 2.02. The average Bonchev–Trinajstić information content (AvgIpc) is 2.26. The van der Waals surface area contributed by atoms with Crippen LogP contribution in [0.15, 0.2) is 18.8 Å². The molecule has 0 saturated carbocycles. The van der Waals surface area contributed by atoms with Gasteiger partial charge in [-0.3, -0.25) is 9.59 Å². The summed E-state index contributed by atoms with van der Waals surface area (Å²) in [5, 5.41) is 18.1. The summed E-state index contributed by atoms with van der Waals surface area (Å²) < 4.78 is 0.787. The molecule has 112 valence electrons. The molecule has 0 heterocycles. The number of rotatable bonds is 5. The van der Waals surface area contributed by atoms with Gasteiger partial charge in [-0.15, -0.1) is 0 Å². The molecule has 6 nitrogen and oxygen atoms in total. The summed E-state index contributed by atoms with van der Waals surface area (Å²) in [5.74, 6) is -1.22. The van der Waals surface area contributed by atoms with E-state index in [0.29, 0.717) is 12.7 Å². The van der Waals surface area contributed by atoms with Crippen LogP contribution in [0.25, 0.3) is 0 Å². The minimum Gasteiger partial charge on any atom is -0.369 e. The molecule has 2 amide bonds. The Morgan fingerprint density at radius 2 is 1.90 bits per heavy atom. The van der Waals surface area contributed by atoms with Crippen LogP contribution >= 0.6 is 67.8 Å². The molecule has 0 bridgehead atoms. The van der Waals surface area contributed by atoms with Gasteiger partial charge in [-0.05, 0) is 64.1 Å². The summed E-state index contributed by atoms with van der Waals surface area (Å²) in [6, 6.07) is 0. The Balaban J connectivity index is 3.36. The number of primary amides is 2. The minimum atomic E-state index is -1.54. The fraction of sp³-hybridized carbons (Fsp3) is 0.455. The fourth-order valence-corrected chi connectivity index (χ4v) is 7.45. The average molecular weight is 618 g/mol. The highest BCUT2D eigenvalue weighted by Gasteiger charge is 2.50. The van der Waals surface area contributed by atoms with Gasteiger partial charge in [-0.2, -0.15) is 0 Å². The van der Waals surface area contributed by atoms with Crippen LogP contribution in [-0.4, -0.2) is 32.2 Å². The molecule has 0 aliphatic heterocycles. The first-order valence-electron chi connectivity index (χ1n) is 5.51. The molecular formula is C11H13I3N2O4. The smallest absolute Gasteiger partial charge is 0.246 e. The Labute approximate surface area is 156 Å². The van der Waals surface area contributed by atoms with Gasteiger partial charge < -0.3 is 21.7 Å². The quantitative estimate of drug-likeness (QED) is 0.207. The predicted octanol–water partition coefficient (Wildman–Crippen LogP) is 0.860. The number of amides is 2. The lowest BCUT2D eigenvalue weighted by Crippen LogP contribution is -2.48. The van der Waals surface area contributed by atoms with Crippen molar-refractivity contribution in [3.05, 3.63) is 18.8 Å². The predicted molar refractivity (Wildman–Crippen MR) is 99.2 cm³/mol. The maximum absolute atomic E-state index is 12.0. The Bertz CT molecular complexity index is 504. The van der Waals surface area contributed by atoms with E-state index in [1.807, 2.05) is 67.8 Å². The zero-order valence-corrected chi connectivity index (χ0v) is 16.6. The summed E-state index contributed by atoms with van der Waals surface area (Å²) in [6.45, 7) is 0. The highest BCUT2D eigenvalue weighted by molar-refractivity contribution is 14.1. The third kappa shape index (κ3) is 3.47. The Hall–Kier alpha value is 0.530. The second-order valence-corrected chi connectivity index (χ2v) is 7.91. The lowest BCUT2D eigenvalue weighted by molar-refractivity contribution is -0.126. The van der Waals surface area contributed by atoms with Gasteiger partial charge in [0.1, 0.15) is 0 Å². The van der Waals surface area contributed by atoms with E-state index in [2.05, 4.69) is 0 Å². The molecule has 1 aliphatic rings. The third-order valence-corrected chi connectivity index (χ3v) is 6.98. The van der Waals surface area contributed by atoms with E-state index >= 15 is 0 Å². The van der Waals surface area contributed by atoms with Crippen molar-refractivity contribution < 1.29 is 19.8 Å². The maximum atomic E-state index is 12.0. The standard InChI is InChI=1S/C11H13I3N2O4/c12-4-3-5(13)11(10(16)20,2-1-6(17)18)8(14)7(4)9(15)19/h3,6,8,17-18H,1-2H2,(H2,15,19)(H2,16,20). The molecule has 20 heavy (non-hydrogen) atoms. The van der Waals surface area contributed by atoms with Crippen molar-refractivity contribution in [1.29, 1.82) is 0 Å². The largest absolute Gasteiger partial charge is 0.369 e. The monoisotopic (exact) mass is 618 g/mol. The second kappa shape index (κ2) is 7.19. The van der Waals surface area contributed by atoms with Crippen LogP contribution < -0.4 is 11.5 Å². The molecule has 0 aromatic heterocycles. The van der Waals surface area contributed by atoms with Crippen LogP contribution in [-0.2, 0) is 9.59 Å². The van der Waals surface area contributed by atoms with Crippen molar-refractivity contribution in [1.82, 2.24) is 0 Å². The van der Waals surface area contributed by atoms with Gasteiger partial charge >= 0.3 is 0 Å². The SMILES string of the molecule is NC(=O)C1=C(I)C=C(I)C(CCC(O)O)(C(N)=O)C1I. The number of hydrogen-bond acceptors (Lipinski definition) is 4. The van der Waals surface area contributed by atoms with Crippen molar-refractivity contribution in [3.63, 3.8) is 0 Å². The Morgan fingerprint density at radius 3 is 2.30 bits per heavy atom. The number of carbonyl (C=O) groups is 2. The van der Waals surface area contributed by atoms with Gasteiger partial charge in [0.05, 0.1) is 9.34 Å². The highest BCUT2D eigenvalue weighted by atomic mass is 127. The molecule has 9 heteroatoms. The highest BCUT2D eigenvalue weighted by Crippen LogP contribution is 2.51. The number of nitrogens with two attached hydrogens (primary N) is 2. The van der Waals surface area contributed by atoms with Gasteiger partial charge in [0.15, 0.2) is 6.29 Å². The second-order valence-electron chi connectivity index (χ2n) is 4.34. The van der Waals surface area contributed by atoms with Crippen LogP contribution in [0.3, 0.4) is 0 Å². The van der Waals surface area contributed by atoms with Gasteiger partial charge in [0.2, 0.25) is 11.8 Å². The van der Waals surface area contributed by atoms with E-state index in [1.165, 1.54) is 0 Å². The summed E-state index contributed by atoms with van der Waals surface area (Å²) in [6.07, 6.45) is 0.250. The molecule has 1 rings (SSSR count). The first-order valence-corrected chi connectivity index (χ1v) is 8.92. The number of carbonyl (C=O) groups excluding carboxylic acids is 2. The van der Waals surface area contributed by atoms with Gasteiger partial charge in [0.25, 0.3) is 0 Å².